The lowest BCUT2D eigenvalue weighted by molar-refractivity contribution is -0.195. The molecule has 0 amide bonds. The second kappa shape index (κ2) is 5.04. The van der Waals surface area contributed by atoms with Crippen LogP contribution < -0.4 is 5.90 Å². The minimum absolute atomic E-state index is 0.926. The van der Waals surface area contributed by atoms with Crippen molar-refractivity contribution in [2.45, 2.75) is 11.8 Å². The van der Waals surface area contributed by atoms with Crippen molar-refractivity contribution < 1.29 is 9.32 Å². The molecule has 4 heteroatoms. The van der Waals surface area contributed by atoms with Gasteiger partial charge in [0.15, 0.2) is 0 Å². The number of benzene rings is 1. The van der Waals surface area contributed by atoms with E-state index >= 15 is 0 Å². The molecule has 13 heavy (non-hydrogen) atoms. The van der Waals surface area contributed by atoms with E-state index in [-0.39, 0.29) is 0 Å². The molecule has 0 saturated carbocycles. The van der Waals surface area contributed by atoms with Crippen LogP contribution in [0.15, 0.2) is 35.7 Å². The van der Waals surface area contributed by atoms with E-state index in [4.69, 9.17) is 5.90 Å². The fourth-order valence-electron chi connectivity index (χ4n) is 0.854. The first kappa shape index (κ1) is 10.3. The Kier molecular flexibility index (Phi) is 3.98. The molecule has 0 bridgehead atoms. The highest BCUT2D eigenvalue weighted by Crippen LogP contribution is 2.21. The number of hydrogen-bond donors (Lipinski definition) is 1. The van der Waals surface area contributed by atoms with Crippen molar-refractivity contribution in [1.82, 2.24) is 0 Å². The lowest BCUT2D eigenvalue weighted by Crippen LogP contribution is -1.93. The van der Waals surface area contributed by atoms with E-state index in [0.29, 0.717) is 0 Å². The maximum atomic E-state index is 4.70. The van der Waals surface area contributed by atoms with E-state index in [0.717, 1.165) is 28.1 Å². The van der Waals surface area contributed by atoms with Crippen molar-refractivity contribution in [2.75, 3.05) is 0 Å². The minimum Gasteiger partial charge on any atom is -0.182 e. The third kappa shape index (κ3) is 3.20. The molecule has 1 aromatic carbocycles. The van der Waals surface area contributed by atoms with Crippen LogP contribution in [0.25, 0.3) is 5.57 Å². The van der Waals surface area contributed by atoms with Gasteiger partial charge >= 0.3 is 0 Å². The summed E-state index contributed by atoms with van der Waals surface area (Å²) in [7, 11) is 0. The van der Waals surface area contributed by atoms with E-state index in [2.05, 4.69) is 15.9 Å². The van der Waals surface area contributed by atoms with Crippen LogP contribution in [0.1, 0.15) is 12.5 Å². The number of allylic oxidation sites excluding steroid dienone is 1. The molecule has 1 aromatic rings. The molecule has 0 saturated heterocycles. The van der Waals surface area contributed by atoms with Gasteiger partial charge in [0.25, 0.3) is 0 Å². The molecule has 1 rings (SSSR count). The zero-order valence-corrected chi connectivity index (χ0v) is 8.14. The Hall–Kier alpha value is -0.810. The largest absolute Gasteiger partial charge is 0.182 e. The summed E-state index contributed by atoms with van der Waals surface area (Å²) in [6.07, 6.45) is 0. The van der Waals surface area contributed by atoms with Gasteiger partial charge in [0.1, 0.15) is 0 Å². The highest BCUT2D eigenvalue weighted by Gasteiger charge is 1.96. The third-order valence-electron chi connectivity index (χ3n) is 1.52. The fraction of sp³-hybridized carbons (Fsp3) is 0.111. The molecule has 0 unspecified atom stereocenters. The van der Waals surface area contributed by atoms with Crippen LogP contribution in [0, 0.1) is 0 Å². The fourth-order valence-corrected chi connectivity index (χ4v) is 1.22. The molecule has 0 radical (unpaired) electrons. The minimum atomic E-state index is 0.926. The first-order chi connectivity index (χ1) is 6.24. The predicted octanol–water partition coefficient (Wildman–Crippen LogP) is 2.55. The highest BCUT2D eigenvalue weighted by molar-refractivity contribution is 7.94. The number of hydrogen-bond acceptors (Lipinski definition) is 4. The van der Waals surface area contributed by atoms with Gasteiger partial charge in [-0.1, -0.05) is 24.3 Å². The van der Waals surface area contributed by atoms with Gasteiger partial charge in [0, 0.05) is 4.90 Å². The number of nitrogens with two attached hydrogens (primary N) is 1. The van der Waals surface area contributed by atoms with Gasteiger partial charge in [0.05, 0.1) is 12.0 Å². The second-order valence-corrected chi connectivity index (χ2v) is 3.33. The summed E-state index contributed by atoms with van der Waals surface area (Å²) in [4.78, 5) is 4.90. The first-order valence-electron chi connectivity index (χ1n) is 3.70. The Morgan fingerprint density at radius 2 is 2.00 bits per heavy atom. The Morgan fingerprint density at radius 1 is 1.38 bits per heavy atom. The van der Waals surface area contributed by atoms with Crippen molar-refractivity contribution in [3.63, 3.8) is 0 Å². The van der Waals surface area contributed by atoms with Crippen LogP contribution in [0.2, 0.25) is 0 Å². The molecule has 0 aromatic heterocycles. The molecule has 3 nitrogen and oxygen atoms in total. The van der Waals surface area contributed by atoms with Crippen LogP contribution in [-0.4, -0.2) is 0 Å². The molecule has 0 heterocycles. The summed E-state index contributed by atoms with van der Waals surface area (Å²) in [5.41, 5.74) is 2.14. The van der Waals surface area contributed by atoms with Crippen molar-refractivity contribution in [2.24, 2.45) is 5.90 Å². The zero-order chi connectivity index (χ0) is 9.68. The molecule has 0 atom stereocenters. The Morgan fingerprint density at radius 3 is 2.46 bits per heavy atom. The molecular weight excluding hydrogens is 186 g/mol. The van der Waals surface area contributed by atoms with Crippen LogP contribution in [-0.2, 0) is 9.32 Å². The maximum absolute atomic E-state index is 4.70. The van der Waals surface area contributed by atoms with Crippen molar-refractivity contribution in [1.29, 1.82) is 0 Å². The van der Waals surface area contributed by atoms with Crippen LogP contribution in [0.3, 0.4) is 0 Å². The molecule has 2 N–H and O–H groups in total. The van der Waals surface area contributed by atoms with E-state index in [1.807, 2.05) is 31.2 Å². The van der Waals surface area contributed by atoms with Crippen LogP contribution in [0.5, 0.6) is 0 Å². The number of rotatable bonds is 4. The zero-order valence-electron chi connectivity index (χ0n) is 7.32. The van der Waals surface area contributed by atoms with Crippen molar-refractivity contribution in [3.8, 4) is 0 Å². The topological polar surface area (TPSA) is 44.5 Å². The van der Waals surface area contributed by atoms with Crippen LogP contribution >= 0.6 is 12.0 Å². The van der Waals surface area contributed by atoms with E-state index in [9.17, 15) is 0 Å². The molecular formula is C9H11NO2S. The van der Waals surface area contributed by atoms with E-state index in [1.54, 1.807) is 0 Å². The summed E-state index contributed by atoms with van der Waals surface area (Å²) >= 11 is 1.06. The SMILES string of the molecule is C=C(C)c1ccc(SOON)cc1. The summed E-state index contributed by atoms with van der Waals surface area (Å²) in [5.74, 6) is 4.70. The molecule has 0 aliphatic carbocycles. The van der Waals surface area contributed by atoms with Gasteiger partial charge in [-0.05, 0) is 24.6 Å². The Balaban J connectivity index is 2.64. The van der Waals surface area contributed by atoms with Gasteiger partial charge in [-0.3, -0.25) is 0 Å². The lowest BCUT2D eigenvalue weighted by atomic mass is 10.1. The molecule has 0 aliphatic rings. The summed E-state index contributed by atoms with van der Waals surface area (Å²) in [6.45, 7) is 5.79. The summed E-state index contributed by atoms with van der Waals surface area (Å²) < 4.78 is 4.49. The van der Waals surface area contributed by atoms with Gasteiger partial charge in [-0.2, -0.15) is 5.90 Å². The van der Waals surface area contributed by atoms with Gasteiger partial charge in [0.2, 0.25) is 0 Å². The highest BCUT2D eigenvalue weighted by atomic mass is 32.2. The first-order valence-corrected chi connectivity index (χ1v) is 4.44. The lowest BCUT2D eigenvalue weighted by Gasteiger charge is -2.01. The van der Waals surface area contributed by atoms with Gasteiger partial charge in [-0.15, -0.1) is 9.32 Å². The predicted molar refractivity (Wildman–Crippen MR) is 53.4 cm³/mol. The average Bonchev–Trinajstić information content (AvgIpc) is 2.15. The quantitative estimate of drug-likeness (QED) is 0.457. The van der Waals surface area contributed by atoms with Gasteiger partial charge in [-0.25, -0.2) is 0 Å². The molecule has 0 aliphatic heterocycles. The van der Waals surface area contributed by atoms with E-state index < -0.39 is 0 Å². The Bertz CT molecular complexity index is 284. The Labute approximate surface area is 81.6 Å². The third-order valence-corrected chi connectivity index (χ3v) is 2.13. The summed E-state index contributed by atoms with van der Waals surface area (Å²) in [5, 5.41) is 0. The monoisotopic (exact) mass is 197 g/mol. The van der Waals surface area contributed by atoms with Crippen LogP contribution in [0.4, 0.5) is 0 Å². The van der Waals surface area contributed by atoms with Gasteiger partial charge < -0.3 is 0 Å². The van der Waals surface area contributed by atoms with E-state index in [1.165, 1.54) is 0 Å². The standard InChI is InChI=1S/C9H11NO2S/c1-7(2)8-3-5-9(6-4-8)13-12-11-10/h3-6H,1,10H2,2H3. The molecule has 70 valence electrons. The normalized spacial score (nSPS) is 10.0. The van der Waals surface area contributed by atoms with Crippen molar-refractivity contribution >= 4 is 17.6 Å². The summed E-state index contributed by atoms with van der Waals surface area (Å²) in [6, 6.07) is 7.75. The van der Waals surface area contributed by atoms with Crippen molar-refractivity contribution in [3.05, 3.63) is 36.4 Å². The smallest absolute Gasteiger partial charge is 0.0702 e. The molecule has 0 spiro atoms. The second-order valence-electron chi connectivity index (χ2n) is 2.55. The molecule has 0 fully saturated rings. The average molecular weight is 197 g/mol. The maximum Gasteiger partial charge on any atom is 0.0702 e.